The van der Waals surface area contributed by atoms with E-state index in [1.54, 1.807) is 0 Å². The summed E-state index contributed by atoms with van der Waals surface area (Å²) in [4.78, 5) is 0.114. The molecule has 70 valence electrons. The van der Waals surface area contributed by atoms with Crippen LogP contribution in [-0.4, -0.2) is 4.99 Å². The van der Waals surface area contributed by atoms with Crippen molar-refractivity contribution >= 4 is 22.9 Å². The van der Waals surface area contributed by atoms with Crippen molar-refractivity contribution in [3.8, 4) is 0 Å². The van der Waals surface area contributed by atoms with Crippen LogP contribution in [0.2, 0.25) is 0 Å². The van der Waals surface area contributed by atoms with Gasteiger partial charge in [-0.1, -0.05) is 12.2 Å². The highest BCUT2D eigenvalue weighted by Gasteiger charge is 2.08. The first kappa shape index (κ1) is 9.85. The lowest BCUT2D eigenvalue weighted by Gasteiger charge is -2.03. The molecule has 0 aliphatic carbocycles. The Morgan fingerprint density at radius 2 is 1.92 bits per heavy atom. The molecule has 0 aliphatic heterocycles. The fourth-order valence-corrected chi connectivity index (χ4v) is 1.08. The minimum absolute atomic E-state index is 0.0400. The Morgan fingerprint density at radius 1 is 1.31 bits per heavy atom. The second-order valence-electron chi connectivity index (χ2n) is 2.61. The zero-order valence-corrected chi connectivity index (χ0v) is 7.50. The lowest BCUT2D eigenvalue weighted by molar-refractivity contribution is 0.594. The first-order valence-electron chi connectivity index (χ1n) is 3.52. The smallest absolute Gasteiger partial charge is 0.146 e. The molecular weight excluding hydrogens is 194 g/mol. The van der Waals surface area contributed by atoms with Gasteiger partial charge in [0.25, 0.3) is 0 Å². The van der Waals surface area contributed by atoms with Crippen LogP contribution in [0.5, 0.6) is 0 Å². The van der Waals surface area contributed by atoms with E-state index in [-0.39, 0.29) is 22.7 Å². The first-order chi connectivity index (χ1) is 6.00. The lowest BCUT2D eigenvalue weighted by Crippen LogP contribution is -2.12. The number of thiocarbonyl (C=S) groups is 1. The number of hydrogen-bond donors (Lipinski definition) is 2. The van der Waals surface area contributed by atoms with E-state index in [2.05, 4.69) is 12.2 Å². The average molecular weight is 202 g/mol. The molecule has 1 aromatic carbocycles. The molecule has 0 bridgehead atoms. The minimum Gasteiger partial charge on any atom is -0.396 e. The molecule has 4 N–H and O–H groups in total. The Hall–Kier alpha value is -1.23. The highest BCUT2D eigenvalue weighted by Crippen LogP contribution is 2.16. The van der Waals surface area contributed by atoms with Crippen LogP contribution in [0.4, 0.5) is 14.5 Å². The Kier molecular flexibility index (Phi) is 2.77. The van der Waals surface area contributed by atoms with Crippen LogP contribution in [0.15, 0.2) is 12.1 Å². The Labute approximate surface area is 79.5 Å². The number of nitrogens with two attached hydrogens (primary N) is 2. The standard InChI is InChI=1S/C8H8F2N2S/c9-5-3-7(11)6(10)1-4(5)2-8(12)13/h1,3H,2,11H2,(H2,12,13). The van der Waals surface area contributed by atoms with Gasteiger partial charge in [-0.3, -0.25) is 0 Å². The van der Waals surface area contributed by atoms with E-state index in [0.717, 1.165) is 12.1 Å². The van der Waals surface area contributed by atoms with E-state index < -0.39 is 11.6 Å². The summed E-state index contributed by atoms with van der Waals surface area (Å²) in [5.74, 6) is -1.25. The van der Waals surface area contributed by atoms with Gasteiger partial charge >= 0.3 is 0 Å². The van der Waals surface area contributed by atoms with Crippen LogP contribution in [0, 0.1) is 11.6 Å². The molecule has 0 saturated carbocycles. The lowest BCUT2D eigenvalue weighted by atomic mass is 10.1. The molecule has 0 amide bonds. The number of benzene rings is 1. The molecule has 0 aliphatic rings. The van der Waals surface area contributed by atoms with Crippen molar-refractivity contribution in [2.75, 3.05) is 5.73 Å². The van der Waals surface area contributed by atoms with Gasteiger partial charge in [0.15, 0.2) is 0 Å². The van der Waals surface area contributed by atoms with Crippen molar-refractivity contribution in [1.29, 1.82) is 0 Å². The predicted octanol–water partition coefficient (Wildman–Crippen LogP) is 1.38. The van der Waals surface area contributed by atoms with Crippen LogP contribution in [-0.2, 0) is 6.42 Å². The van der Waals surface area contributed by atoms with Gasteiger partial charge in [-0.25, -0.2) is 8.78 Å². The summed E-state index contributed by atoms with van der Waals surface area (Å²) in [5, 5.41) is 0. The number of nitrogen functional groups attached to an aromatic ring is 1. The summed E-state index contributed by atoms with van der Waals surface area (Å²) >= 11 is 4.57. The van der Waals surface area contributed by atoms with Crippen LogP contribution < -0.4 is 11.5 Å². The van der Waals surface area contributed by atoms with Gasteiger partial charge in [0.05, 0.1) is 10.7 Å². The van der Waals surface area contributed by atoms with Crippen molar-refractivity contribution < 1.29 is 8.78 Å². The number of halogens is 2. The van der Waals surface area contributed by atoms with Gasteiger partial charge in [-0.2, -0.15) is 0 Å². The number of rotatable bonds is 2. The minimum atomic E-state index is -0.660. The van der Waals surface area contributed by atoms with E-state index in [1.807, 2.05) is 0 Å². The summed E-state index contributed by atoms with van der Waals surface area (Å²) < 4.78 is 25.9. The second-order valence-corrected chi connectivity index (χ2v) is 3.13. The molecule has 1 rings (SSSR count). The van der Waals surface area contributed by atoms with Crippen molar-refractivity contribution in [3.63, 3.8) is 0 Å². The van der Waals surface area contributed by atoms with Crippen molar-refractivity contribution in [2.24, 2.45) is 5.73 Å². The molecular formula is C8H8F2N2S. The number of anilines is 1. The summed E-state index contributed by atoms with van der Waals surface area (Å²) in [7, 11) is 0. The third-order valence-electron chi connectivity index (χ3n) is 1.53. The monoisotopic (exact) mass is 202 g/mol. The molecule has 5 heteroatoms. The quantitative estimate of drug-likeness (QED) is 0.562. The first-order valence-corrected chi connectivity index (χ1v) is 3.93. The Balaban J connectivity index is 3.08. The molecule has 1 aromatic rings. The number of hydrogen-bond acceptors (Lipinski definition) is 2. The van der Waals surface area contributed by atoms with E-state index in [9.17, 15) is 8.78 Å². The molecule has 0 aromatic heterocycles. The van der Waals surface area contributed by atoms with Crippen molar-refractivity contribution in [1.82, 2.24) is 0 Å². The molecule has 13 heavy (non-hydrogen) atoms. The Morgan fingerprint density at radius 3 is 2.46 bits per heavy atom. The second kappa shape index (κ2) is 3.66. The van der Waals surface area contributed by atoms with Gasteiger partial charge in [0, 0.05) is 12.5 Å². The average Bonchev–Trinajstić information content (AvgIpc) is 1.99. The molecule has 0 fully saturated rings. The summed E-state index contributed by atoms with van der Waals surface area (Å²) in [6.07, 6.45) is 0.0400. The van der Waals surface area contributed by atoms with Gasteiger partial charge < -0.3 is 11.5 Å². The van der Waals surface area contributed by atoms with E-state index in [1.165, 1.54) is 0 Å². The maximum absolute atomic E-state index is 13.0. The molecule has 0 spiro atoms. The molecule has 0 atom stereocenters. The van der Waals surface area contributed by atoms with Crippen molar-refractivity contribution in [3.05, 3.63) is 29.3 Å². The van der Waals surface area contributed by atoms with Gasteiger partial charge in [0.1, 0.15) is 11.6 Å². The van der Waals surface area contributed by atoms with Crippen molar-refractivity contribution in [2.45, 2.75) is 6.42 Å². The van der Waals surface area contributed by atoms with E-state index in [4.69, 9.17) is 11.5 Å². The highest BCUT2D eigenvalue weighted by molar-refractivity contribution is 7.80. The molecule has 0 radical (unpaired) electrons. The Bertz CT molecular complexity index is 352. The fourth-order valence-electron chi connectivity index (χ4n) is 0.927. The van der Waals surface area contributed by atoms with Gasteiger partial charge in [0.2, 0.25) is 0 Å². The SMILES string of the molecule is NC(=S)Cc1cc(F)c(N)cc1F. The third kappa shape index (κ3) is 2.35. The normalized spacial score (nSPS) is 10.0. The van der Waals surface area contributed by atoms with Crippen LogP contribution >= 0.6 is 12.2 Å². The maximum Gasteiger partial charge on any atom is 0.146 e. The molecule has 0 unspecified atom stereocenters. The van der Waals surface area contributed by atoms with Gasteiger partial charge in [-0.05, 0) is 11.6 Å². The van der Waals surface area contributed by atoms with Gasteiger partial charge in [-0.15, -0.1) is 0 Å². The van der Waals surface area contributed by atoms with Crippen LogP contribution in [0.25, 0.3) is 0 Å². The zero-order chi connectivity index (χ0) is 10.0. The maximum atomic E-state index is 13.0. The topological polar surface area (TPSA) is 52.0 Å². The largest absolute Gasteiger partial charge is 0.396 e. The van der Waals surface area contributed by atoms with E-state index in [0.29, 0.717) is 0 Å². The summed E-state index contributed by atoms with van der Waals surface area (Å²) in [5.41, 5.74) is 10.2. The van der Waals surface area contributed by atoms with Crippen LogP contribution in [0.1, 0.15) is 5.56 Å². The van der Waals surface area contributed by atoms with Crippen LogP contribution in [0.3, 0.4) is 0 Å². The fraction of sp³-hybridized carbons (Fsp3) is 0.125. The summed E-state index contributed by atoms with van der Waals surface area (Å²) in [6, 6.07) is 1.92. The predicted molar refractivity (Wildman–Crippen MR) is 51.3 cm³/mol. The summed E-state index contributed by atoms with van der Waals surface area (Å²) in [6.45, 7) is 0. The molecule has 0 saturated heterocycles. The molecule has 2 nitrogen and oxygen atoms in total. The third-order valence-corrected chi connectivity index (χ3v) is 1.67. The molecule has 0 heterocycles. The zero-order valence-electron chi connectivity index (χ0n) is 6.68. The highest BCUT2D eigenvalue weighted by atomic mass is 32.1. The van der Waals surface area contributed by atoms with E-state index >= 15 is 0 Å².